The van der Waals surface area contributed by atoms with Crippen LogP contribution >= 0.6 is 0 Å². The lowest BCUT2D eigenvalue weighted by Gasteiger charge is -2.00. The molecular weight excluding hydrogens is 262 g/mol. The fourth-order valence-corrected chi connectivity index (χ4v) is 2.41. The molecule has 0 aliphatic heterocycles. The van der Waals surface area contributed by atoms with E-state index < -0.39 is 9.84 Å². The Bertz CT molecular complexity index is 565. The zero-order chi connectivity index (χ0) is 14.1. The average Bonchev–Trinajstić information content (AvgIpc) is 2.38. The molecule has 0 bridgehead atoms. The van der Waals surface area contributed by atoms with E-state index in [4.69, 9.17) is 0 Å². The Morgan fingerprint density at radius 2 is 1.89 bits per heavy atom. The number of rotatable bonds is 6. The number of carbonyl (C=O) groups excluding carboxylic acids is 1. The van der Waals surface area contributed by atoms with E-state index in [-0.39, 0.29) is 5.75 Å². The van der Waals surface area contributed by atoms with Gasteiger partial charge in [0.2, 0.25) is 6.41 Å². The number of unbranched alkanes of at least 4 members (excludes halogenated alkanes) is 1. The summed E-state index contributed by atoms with van der Waals surface area (Å²) in [5, 5.41) is 2.52. The van der Waals surface area contributed by atoms with Crippen molar-refractivity contribution in [1.29, 1.82) is 0 Å². The first-order chi connectivity index (χ1) is 9.06. The highest BCUT2D eigenvalue weighted by Gasteiger charge is 2.11. The monoisotopic (exact) mass is 279 g/mol. The summed E-state index contributed by atoms with van der Waals surface area (Å²) in [6.45, 7) is 2.46. The second kappa shape index (κ2) is 7.59. The van der Waals surface area contributed by atoms with Crippen molar-refractivity contribution in [2.45, 2.75) is 24.7 Å². The van der Waals surface area contributed by atoms with Gasteiger partial charge in [0, 0.05) is 13.0 Å². The summed E-state index contributed by atoms with van der Waals surface area (Å²) in [7, 11) is -3.32. The fourth-order valence-electron chi connectivity index (χ4n) is 1.40. The summed E-state index contributed by atoms with van der Waals surface area (Å²) >= 11 is 0. The SMILES string of the molecule is Cc1ccc(S(=O)(=O)CC#CCCCNC=O)cc1. The first-order valence-corrected chi connectivity index (χ1v) is 7.63. The Kier molecular flexibility index (Phi) is 6.10. The van der Waals surface area contributed by atoms with Gasteiger partial charge in [-0.05, 0) is 25.5 Å². The second-order valence-corrected chi connectivity index (χ2v) is 6.09. The Balaban J connectivity index is 2.49. The van der Waals surface area contributed by atoms with Crippen molar-refractivity contribution in [3.63, 3.8) is 0 Å². The molecule has 0 aliphatic rings. The van der Waals surface area contributed by atoms with Gasteiger partial charge < -0.3 is 5.32 Å². The molecule has 0 saturated heterocycles. The van der Waals surface area contributed by atoms with Crippen LogP contribution in [0.25, 0.3) is 0 Å². The zero-order valence-electron chi connectivity index (χ0n) is 10.8. The number of hydrogen-bond acceptors (Lipinski definition) is 3. The molecule has 0 unspecified atom stereocenters. The van der Waals surface area contributed by atoms with Crippen molar-refractivity contribution in [2.75, 3.05) is 12.3 Å². The Morgan fingerprint density at radius 3 is 2.53 bits per heavy atom. The van der Waals surface area contributed by atoms with Gasteiger partial charge in [0.05, 0.1) is 4.90 Å². The van der Waals surface area contributed by atoms with Crippen LogP contribution in [0.2, 0.25) is 0 Å². The summed E-state index contributed by atoms with van der Waals surface area (Å²) in [5.41, 5.74) is 1.02. The smallest absolute Gasteiger partial charge is 0.207 e. The third kappa shape index (κ3) is 5.58. The summed E-state index contributed by atoms with van der Waals surface area (Å²) in [5.74, 6) is 5.29. The topological polar surface area (TPSA) is 63.2 Å². The molecule has 0 fully saturated rings. The molecule has 19 heavy (non-hydrogen) atoms. The third-order valence-electron chi connectivity index (χ3n) is 2.47. The summed E-state index contributed by atoms with van der Waals surface area (Å²) in [6, 6.07) is 6.73. The molecule has 0 saturated carbocycles. The lowest BCUT2D eigenvalue weighted by atomic mass is 10.2. The Hall–Kier alpha value is -1.80. The number of carbonyl (C=O) groups is 1. The lowest BCUT2D eigenvalue weighted by Crippen LogP contribution is -2.11. The van der Waals surface area contributed by atoms with E-state index in [2.05, 4.69) is 17.2 Å². The van der Waals surface area contributed by atoms with E-state index in [1.807, 2.05) is 6.92 Å². The number of amides is 1. The van der Waals surface area contributed by atoms with Crippen LogP contribution in [-0.2, 0) is 14.6 Å². The van der Waals surface area contributed by atoms with Crippen LogP contribution in [0.15, 0.2) is 29.2 Å². The molecule has 1 aromatic rings. The van der Waals surface area contributed by atoms with Crippen LogP contribution in [0, 0.1) is 18.8 Å². The van der Waals surface area contributed by atoms with Crippen LogP contribution < -0.4 is 5.32 Å². The molecule has 0 spiro atoms. The normalized spacial score (nSPS) is 10.4. The predicted octanol–water partition coefficient (Wildman–Crippen LogP) is 1.30. The number of aryl methyl sites for hydroxylation is 1. The van der Waals surface area contributed by atoms with Gasteiger partial charge in [0.15, 0.2) is 9.84 Å². The molecule has 102 valence electrons. The van der Waals surface area contributed by atoms with E-state index in [0.29, 0.717) is 24.3 Å². The minimum absolute atomic E-state index is 0.169. The molecule has 0 aromatic heterocycles. The number of hydrogen-bond donors (Lipinski definition) is 1. The first-order valence-electron chi connectivity index (χ1n) is 5.98. The van der Waals surface area contributed by atoms with Crippen LogP contribution in [0.4, 0.5) is 0 Å². The van der Waals surface area contributed by atoms with Crippen molar-refractivity contribution in [3.05, 3.63) is 29.8 Å². The van der Waals surface area contributed by atoms with Crippen molar-refractivity contribution < 1.29 is 13.2 Å². The van der Waals surface area contributed by atoms with Gasteiger partial charge in [-0.1, -0.05) is 23.6 Å². The van der Waals surface area contributed by atoms with Gasteiger partial charge in [0.25, 0.3) is 0 Å². The zero-order valence-corrected chi connectivity index (χ0v) is 11.7. The van der Waals surface area contributed by atoms with Crippen LogP contribution in [-0.4, -0.2) is 27.1 Å². The standard InChI is InChI=1S/C14H17NO3S/c1-13-6-8-14(9-7-13)19(17,18)11-5-3-2-4-10-15-12-16/h6-9,12H,2,4,10-11H2,1H3,(H,15,16). The van der Waals surface area contributed by atoms with E-state index in [1.54, 1.807) is 24.3 Å². The maximum atomic E-state index is 11.9. The maximum absolute atomic E-state index is 11.9. The largest absolute Gasteiger partial charge is 0.359 e. The van der Waals surface area contributed by atoms with Gasteiger partial charge in [-0.25, -0.2) is 8.42 Å². The molecule has 0 heterocycles. The maximum Gasteiger partial charge on any atom is 0.207 e. The Morgan fingerprint density at radius 1 is 1.21 bits per heavy atom. The van der Waals surface area contributed by atoms with Gasteiger partial charge >= 0.3 is 0 Å². The molecule has 1 rings (SSSR count). The highest BCUT2D eigenvalue weighted by atomic mass is 32.2. The molecule has 1 amide bonds. The van der Waals surface area contributed by atoms with Crippen molar-refractivity contribution in [3.8, 4) is 11.8 Å². The van der Waals surface area contributed by atoms with E-state index in [0.717, 1.165) is 12.0 Å². The lowest BCUT2D eigenvalue weighted by molar-refractivity contribution is -0.109. The van der Waals surface area contributed by atoms with Crippen LogP contribution in [0.1, 0.15) is 18.4 Å². The summed E-state index contributed by atoms with van der Waals surface area (Å²) in [4.78, 5) is 10.3. The quantitative estimate of drug-likeness (QED) is 0.485. The fraction of sp³-hybridized carbons (Fsp3) is 0.357. The molecule has 1 aromatic carbocycles. The first kappa shape index (κ1) is 15.3. The highest BCUT2D eigenvalue weighted by Crippen LogP contribution is 2.11. The van der Waals surface area contributed by atoms with Gasteiger partial charge in [0.1, 0.15) is 5.75 Å². The molecule has 1 N–H and O–H groups in total. The molecule has 0 atom stereocenters. The number of benzene rings is 1. The van der Waals surface area contributed by atoms with Crippen molar-refractivity contribution in [1.82, 2.24) is 5.32 Å². The van der Waals surface area contributed by atoms with Crippen molar-refractivity contribution >= 4 is 16.2 Å². The van der Waals surface area contributed by atoms with E-state index >= 15 is 0 Å². The summed E-state index contributed by atoms with van der Waals surface area (Å²) in [6.07, 6.45) is 1.93. The minimum Gasteiger partial charge on any atom is -0.359 e. The number of nitrogens with one attached hydrogen (secondary N) is 1. The van der Waals surface area contributed by atoms with E-state index in [9.17, 15) is 13.2 Å². The predicted molar refractivity (Wildman–Crippen MR) is 74.3 cm³/mol. The van der Waals surface area contributed by atoms with Gasteiger partial charge in [-0.15, -0.1) is 5.92 Å². The van der Waals surface area contributed by atoms with Crippen molar-refractivity contribution in [2.24, 2.45) is 0 Å². The summed E-state index contributed by atoms with van der Waals surface area (Å²) < 4.78 is 23.8. The second-order valence-electron chi connectivity index (χ2n) is 4.10. The molecule has 0 radical (unpaired) electrons. The third-order valence-corrected chi connectivity index (χ3v) is 3.99. The Labute approximate surface area is 114 Å². The minimum atomic E-state index is -3.32. The molecule has 0 aliphatic carbocycles. The van der Waals surface area contributed by atoms with Gasteiger partial charge in [-0.2, -0.15) is 0 Å². The highest BCUT2D eigenvalue weighted by molar-refractivity contribution is 7.91. The van der Waals surface area contributed by atoms with Crippen LogP contribution in [0.3, 0.4) is 0 Å². The molecular formula is C14H17NO3S. The van der Waals surface area contributed by atoms with E-state index in [1.165, 1.54) is 0 Å². The number of sulfone groups is 1. The molecule has 5 heteroatoms. The average molecular weight is 279 g/mol. The van der Waals surface area contributed by atoms with Gasteiger partial charge in [-0.3, -0.25) is 4.79 Å². The van der Waals surface area contributed by atoms with Crippen LogP contribution in [0.5, 0.6) is 0 Å². The molecule has 4 nitrogen and oxygen atoms in total.